The first-order chi connectivity index (χ1) is 14.5. The molecule has 4 aromatic rings. The number of phenolic OH excluding ortho intramolecular Hbond substituents is 1. The third-order valence-electron chi connectivity index (χ3n) is 4.81. The molecule has 3 aromatic carbocycles. The molecule has 0 saturated heterocycles. The molecule has 0 aliphatic rings. The lowest BCUT2D eigenvalue weighted by atomic mass is 10.1. The topological polar surface area (TPSA) is 87.2 Å². The average molecular weight is 420 g/mol. The Morgan fingerprint density at radius 1 is 0.967 bits per heavy atom. The molecule has 7 heteroatoms. The van der Waals surface area contributed by atoms with Gasteiger partial charge >= 0.3 is 0 Å². The van der Waals surface area contributed by atoms with E-state index in [2.05, 4.69) is 10.2 Å². The highest BCUT2D eigenvalue weighted by molar-refractivity contribution is 6.31. The summed E-state index contributed by atoms with van der Waals surface area (Å²) in [7, 11) is 0. The SMILES string of the molecule is O=C(N=Nc1c(O)n(CCc2ccccc2)c2ccccc12)c1cc(Cl)ccc1O. The molecular weight excluding hydrogens is 402 g/mol. The predicted molar refractivity (Wildman–Crippen MR) is 116 cm³/mol. The largest absolute Gasteiger partial charge is 0.507 e. The molecular formula is C23H18ClN3O3. The number of rotatable bonds is 5. The molecule has 1 heterocycles. The van der Waals surface area contributed by atoms with Gasteiger partial charge in [0.05, 0.1) is 11.1 Å². The minimum atomic E-state index is -0.754. The summed E-state index contributed by atoms with van der Waals surface area (Å²) in [5.41, 5.74) is 2.08. The Morgan fingerprint density at radius 3 is 2.50 bits per heavy atom. The van der Waals surface area contributed by atoms with E-state index in [0.717, 1.165) is 17.5 Å². The number of carbonyl (C=O) groups excluding carboxylic acids is 1. The Bertz CT molecular complexity index is 1250. The number of hydrogen-bond donors (Lipinski definition) is 2. The number of para-hydroxylation sites is 1. The van der Waals surface area contributed by atoms with E-state index in [4.69, 9.17) is 11.6 Å². The normalized spacial score (nSPS) is 11.4. The molecule has 150 valence electrons. The van der Waals surface area contributed by atoms with Crippen LogP contribution in [0, 0.1) is 0 Å². The molecule has 0 spiro atoms. The number of phenols is 1. The van der Waals surface area contributed by atoms with Gasteiger partial charge in [0.2, 0.25) is 5.88 Å². The van der Waals surface area contributed by atoms with Crippen LogP contribution in [0.1, 0.15) is 15.9 Å². The Labute approximate surface area is 177 Å². The zero-order chi connectivity index (χ0) is 21.1. The number of azo groups is 1. The summed E-state index contributed by atoms with van der Waals surface area (Å²) in [5, 5.41) is 29.4. The molecule has 6 nitrogen and oxygen atoms in total. The lowest BCUT2D eigenvalue weighted by molar-refractivity contribution is 0.0992. The Morgan fingerprint density at radius 2 is 1.70 bits per heavy atom. The van der Waals surface area contributed by atoms with E-state index >= 15 is 0 Å². The minimum Gasteiger partial charge on any atom is -0.507 e. The molecule has 0 atom stereocenters. The van der Waals surface area contributed by atoms with Crippen LogP contribution >= 0.6 is 11.6 Å². The number of amides is 1. The van der Waals surface area contributed by atoms with Crippen LogP contribution < -0.4 is 0 Å². The van der Waals surface area contributed by atoms with Gasteiger partial charge in [-0.15, -0.1) is 10.2 Å². The summed E-state index contributed by atoms with van der Waals surface area (Å²) in [4.78, 5) is 12.4. The smallest absolute Gasteiger partial charge is 0.299 e. The van der Waals surface area contributed by atoms with Gasteiger partial charge in [0.1, 0.15) is 5.75 Å². The fraction of sp³-hybridized carbons (Fsp3) is 0.0870. The number of aromatic nitrogens is 1. The molecule has 0 fully saturated rings. The summed E-state index contributed by atoms with van der Waals surface area (Å²) in [5.74, 6) is -1.06. The van der Waals surface area contributed by atoms with Crippen molar-refractivity contribution in [2.75, 3.05) is 0 Å². The Hall–Kier alpha value is -3.64. The minimum absolute atomic E-state index is 0.0569. The van der Waals surface area contributed by atoms with Crippen molar-refractivity contribution < 1.29 is 15.0 Å². The number of hydrogen-bond acceptors (Lipinski definition) is 4. The van der Waals surface area contributed by atoms with Gasteiger partial charge in [-0.2, -0.15) is 0 Å². The number of carbonyl (C=O) groups is 1. The van der Waals surface area contributed by atoms with Crippen molar-refractivity contribution in [3.63, 3.8) is 0 Å². The number of aromatic hydroxyl groups is 2. The van der Waals surface area contributed by atoms with Gasteiger partial charge in [-0.3, -0.25) is 4.79 Å². The van der Waals surface area contributed by atoms with Gasteiger partial charge in [0, 0.05) is 17.0 Å². The third-order valence-corrected chi connectivity index (χ3v) is 5.05. The van der Waals surface area contributed by atoms with E-state index in [1.807, 2.05) is 54.6 Å². The van der Waals surface area contributed by atoms with Gasteiger partial charge < -0.3 is 14.8 Å². The first kappa shape index (κ1) is 19.7. The molecule has 0 radical (unpaired) electrons. The Kier molecular flexibility index (Phi) is 5.50. The van der Waals surface area contributed by atoms with Crippen molar-refractivity contribution in [2.45, 2.75) is 13.0 Å². The monoisotopic (exact) mass is 419 g/mol. The van der Waals surface area contributed by atoms with Crippen LogP contribution in [-0.4, -0.2) is 20.7 Å². The van der Waals surface area contributed by atoms with Crippen molar-refractivity contribution >= 4 is 34.1 Å². The van der Waals surface area contributed by atoms with Gasteiger partial charge in [-0.05, 0) is 36.2 Å². The predicted octanol–water partition coefficient (Wildman–Crippen LogP) is 5.87. The molecule has 0 aliphatic carbocycles. The lowest BCUT2D eigenvalue weighted by Crippen LogP contribution is -2.00. The van der Waals surface area contributed by atoms with Crippen LogP contribution in [0.25, 0.3) is 10.9 Å². The maximum absolute atomic E-state index is 12.4. The molecule has 4 rings (SSSR count). The summed E-state index contributed by atoms with van der Waals surface area (Å²) in [6, 6.07) is 21.4. The molecule has 0 aliphatic heterocycles. The lowest BCUT2D eigenvalue weighted by Gasteiger charge is -2.07. The quantitative estimate of drug-likeness (QED) is 0.396. The molecule has 0 bridgehead atoms. The average Bonchev–Trinajstić information content (AvgIpc) is 3.03. The zero-order valence-electron chi connectivity index (χ0n) is 15.9. The number of fused-ring (bicyclic) bond motifs is 1. The van der Waals surface area contributed by atoms with Crippen molar-refractivity contribution in [1.82, 2.24) is 4.57 Å². The summed E-state index contributed by atoms with van der Waals surface area (Å²) in [6.07, 6.45) is 0.721. The van der Waals surface area contributed by atoms with E-state index in [1.54, 1.807) is 4.57 Å². The maximum atomic E-state index is 12.4. The fourth-order valence-corrected chi connectivity index (χ4v) is 3.48. The van der Waals surface area contributed by atoms with Crippen molar-refractivity contribution in [3.05, 3.63) is 88.9 Å². The second kappa shape index (κ2) is 8.39. The second-order valence-corrected chi connectivity index (χ2v) is 7.18. The van der Waals surface area contributed by atoms with E-state index in [0.29, 0.717) is 17.0 Å². The number of benzene rings is 3. The van der Waals surface area contributed by atoms with Crippen LogP contribution in [0.15, 0.2) is 83.0 Å². The van der Waals surface area contributed by atoms with Gasteiger partial charge in [-0.1, -0.05) is 60.1 Å². The third kappa shape index (κ3) is 3.90. The van der Waals surface area contributed by atoms with E-state index < -0.39 is 5.91 Å². The van der Waals surface area contributed by atoms with Crippen molar-refractivity contribution in [3.8, 4) is 11.6 Å². The highest BCUT2D eigenvalue weighted by Gasteiger charge is 2.17. The highest BCUT2D eigenvalue weighted by Crippen LogP contribution is 2.39. The molecule has 2 N–H and O–H groups in total. The second-order valence-electron chi connectivity index (χ2n) is 6.74. The van der Waals surface area contributed by atoms with Gasteiger partial charge in [0.25, 0.3) is 5.91 Å². The van der Waals surface area contributed by atoms with E-state index in [1.165, 1.54) is 18.2 Å². The van der Waals surface area contributed by atoms with Crippen molar-refractivity contribution in [1.29, 1.82) is 0 Å². The molecule has 30 heavy (non-hydrogen) atoms. The van der Waals surface area contributed by atoms with Crippen LogP contribution in [0.3, 0.4) is 0 Å². The number of aryl methyl sites for hydroxylation is 2. The standard InChI is InChI=1S/C23H18ClN3O3/c24-16-10-11-20(28)18(14-16)22(29)26-25-21-17-8-4-5-9-19(17)27(23(21)30)13-12-15-6-2-1-3-7-15/h1-11,14,28,30H,12-13H2. The Balaban J connectivity index is 1.67. The van der Waals surface area contributed by atoms with Crippen LogP contribution in [0.4, 0.5) is 5.69 Å². The molecule has 1 aromatic heterocycles. The maximum Gasteiger partial charge on any atom is 0.299 e. The van der Waals surface area contributed by atoms with Gasteiger partial charge in [0.15, 0.2) is 5.69 Å². The van der Waals surface area contributed by atoms with Crippen LogP contribution in [0.5, 0.6) is 11.6 Å². The summed E-state index contributed by atoms with van der Waals surface area (Å²) >= 11 is 5.89. The number of nitrogens with zero attached hydrogens (tertiary/aromatic N) is 3. The summed E-state index contributed by atoms with van der Waals surface area (Å²) in [6.45, 7) is 0.537. The van der Waals surface area contributed by atoms with Crippen LogP contribution in [-0.2, 0) is 13.0 Å². The molecule has 0 unspecified atom stereocenters. The highest BCUT2D eigenvalue weighted by atomic mass is 35.5. The van der Waals surface area contributed by atoms with Crippen LogP contribution in [0.2, 0.25) is 5.02 Å². The molecule has 0 saturated carbocycles. The van der Waals surface area contributed by atoms with E-state index in [9.17, 15) is 15.0 Å². The van der Waals surface area contributed by atoms with Gasteiger partial charge in [-0.25, -0.2) is 0 Å². The van der Waals surface area contributed by atoms with E-state index in [-0.39, 0.29) is 22.9 Å². The first-order valence-electron chi connectivity index (χ1n) is 9.33. The number of halogens is 1. The van der Waals surface area contributed by atoms with Crippen molar-refractivity contribution in [2.24, 2.45) is 10.2 Å². The first-order valence-corrected chi connectivity index (χ1v) is 9.71. The molecule has 1 amide bonds. The fourth-order valence-electron chi connectivity index (χ4n) is 3.31. The zero-order valence-corrected chi connectivity index (χ0v) is 16.6. The summed E-state index contributed by atoms with van der Waals surface area (Å²) < 4.78 is 1.75.